The van der Waals surface area contributed by atoms with Crippen LogP contribution in [0.2, 0.25) is 0 Å². The molecule has 2 fully saturated rings. The summed E-state index contributed by atoms with van der Waals surface area (Å²) in [6.45, 7) is 20.4. The van der Waals surface area contributed by atoms with Gasteiger partial charge < -0.3 is 14.2 Å². The largest absolute Gasteiger partial charge is 0.460 e. The van der Waals surface area contributed by atoms with Gasteiger partial charge in [0.05, 0.1) is 6.10 Å². The number of hydrogen-bond acceptors (Lipinski definition) is 6. The molecule has 0 aromatic rings. The summed E-state index contributed by atoms with van der Waals surface area (Å²) in [6.07, 6.45) is 9.43. The number of ether oxygens (including phenoxy) is 3. The molecule has 0 bridgehead atoms. The minimum absolute atomic E-state index is 0.0277. The number of unbranched alkanes of at least 4 members (excludes halogenated alkanes) is 4. The fourth-order valence-corrected chi connectivity index (χ4v) is 6.42. The van der Waals surface area contributed by atoms with E-state index in [9.17, 15) is 4.79 Å². The van der Waals surface area contributed by atoms with Gasteiger partial charge >= 0.3 is 5.97 Å². The highest BCUT2D eigenvalue weighted by molar-refractivity contribution is 5.74. The van der Waals surface area contributed by atoms with Gasteiger partial charge in [-0.3, -0.25) is 9.80 Å². The van der Waals surface area contributed by atoms with Gasteiger partial charge in [-0.15, -0.1) is 0 Å². The summed E-state index contributed by atoms with van der Waals surface area (Å²) in [4.78, 5) is 18.2. The molecular formula is C30H58N2O4. The fourth-order valence-electron chi connectivity index (χ4n) is 6.42. The second-order valence-corrected chi connectivity index (χ2v) is 14.0. The van der Waals surface area contributed by atoms with E-state index in [2.05, 4.69) is 86.2 Å². The van der Waals surface area contributed by atoms with Crippen molar-refractivity contribution >= 4 is 5.97 Å². The number of nitrogens with zero attached hydrogens (tertiary/aromatic N) is 2. The average molecular weight is 511 g/mol. The number of carbonyl (C=O) groups is 1. The van der Waals surface area contributed by atoms with Crippen molar-refractivity contribution in [2.45, 2.75) is 167 Å². The van der Waals surface area contributed by atoms with Crippen LogP contribution in [0.25, 0.3) is 0 Å². The number of piperidine rings is 2. The first-order valence-electron chi connectivity index (χ1n) is 14.4. The van der Waals surface area contributed by atoms with Crippen molar-refractivity contribution in [3.63, 3.8) is 0 Å². The molecule has 1 atom stereocenters. The third-order valence-corrected chi connectivity index (χ3v) is 9.23. The molecule has 0 aromatic heterocycles. The molecule has 6 nitrogen and oxygen atoms in total. The number of likely N-dealkylation sites (tertiary alicyclic amines) is 2. The first-order valence-corrected chi connectivity index (χ1v) is 14.4. The van der Waals surface area contributed by atoms with Crippen molar-refractivity contribution < 1.29 is 19.0 Å². The van der Waals surface area contributed by atoms with E-state index >= 15 is 0 Å². The van der Waals surface area contributed by atoms with Gasteiger partial charge in [-0.2, -0.15) is 0 Å². The smallest absolute Gasteiger partial charge is 0.335 e. The van der Waals surface area contributed by atoms with Gasteiger partial charge in [0.15, 0.2) is 6.10 Å². The number of hydrogen-bond donors (Lipinski definition) is 0. The van der Waals surface area contributed by atoms with Crippen molar-refractivity contribution in [1.29, 1.82) is 0 Å². The van der Waals surface area contributed by atoms with E-state index in [1.807, 2.05) is 0 Å². The van der Waals surface area contributed by atoms with Crippen LogP contribution >= 0.6 is 0 Å². The van der Waals surface area contributed by atoms with Gasteiger partial charge in [0.25, 0.3) is 0 Å². The van der Waals surface area contributed by atoms with Gasteiger partial charge in [0.2, 0.25) is 0 Å². The number of rotatable bonds is 12. The molecule has 212 valence electrons. The normalized spacial score (nSPS) is 25.5. The monoisotopic (exact) mass is 510 g/mol. The Balaban J connectivity index is 1.98. The van der Waals surface area contributed by atoms with Crippen LogP contribution in [0.1, 0.15) is 127 Å². The molecule has 2 heterocycles. The molecule has 0 radical (unpaired) electrons. The molecule has 0 spiro atoms. The lowest BCUT2D eigenvalue weighted by atomic mass is 9.78. The highest BCUT2D eigenvalue weighted by atomic mass is 16.7. The Morgan fingerprint density at radius 1 is 0.750 bits per heavy atom. The molecule has 1 unspecified atom stereocenters. The van der Waals surface area contributed by atoms with Gasteiger partial charge in [0.1, 0.15) is 12.9 Å². The Bertz CT molecular complexity index is 667. The minimum Gasteiger partial charge on any atom is -0.460 e. The molecule has 0 aromatic carbocycles. The number of carbonyl (C=O) groups excluding carboxylic acids is 1. The summed E-state index contributed by atoms with van der Waals surface area (Å²) in [7, 11) is 4.37. The molecule has 2 aliphatic heterocycles. The maximum absolute atomic E-state index is 13.3. The summed E-state index contributed by atoms with van der Waals surface area (Å²) in [5.41, 5.74) is 0.0513. The van der Waals surface area contributed by atoms with Crippen LogP contribution in [0.3, 0.4) is 0 Å². The molecule has 0 N–H and O–H groups in total. The molecule has 2 aliphatic rings. The quantitative estimate of drug-likeness (QED) is 0.168. The van der Waals surface area contributed by atoms with Crippen LogP contribution in [0.4, 0.5) is 0 Å². The molecular weight excluding hydrogens is 452 g/mol. The Morgan fingerprint density at radius 3 is 1.67 bits per heavy atom. The lowest BCUT2D eigenvalue weighted by Crippen LogP contribution is -2.60. The molecule has 0 amide bonds. The zero-order valence-electron chi connectivity index (χ0n) is 25.5. The van der Waals surface area contributed by atoms with Crippen LogP contribution in [0, 0.1) is 0 Å². The first-order chi connectivity index (χ1) is 16.5. The molecule has 6 heteroatoms. The maximum atomic E-state index is 13.3. The van der Waals surface area contributed by atoms with E-state index in [0.717, 1.165) is 38.5 Å². The Morgan fingerprint density at radius 2 is 1.19 bits per heavy atom. The topological polar surface area (TPSA) is 51.2 Å². The minimum atomic E-state index is -0.565. The van der Waals surface area contributed by atoms with Crippen molar-refractivity contribution in [2.75, 3.05) is 20.9 Å². The van der Waals surface area contributed by atoms with Crippen LogP contribution in [0.5, 0.6) is 0 Å². The predicted octanol–water partition coefficient (Wildman–Crippen LogP) is 6.55. The third-order valence-electron chi connectivity index (χ3n) is 9.23. The van der Waals surface area contributed by atoms with Gasteiger partial charge in [-0.1, -0.05) is 39.0 Å². The summed E-state index contributed by atoms with van der Waals surface area (Å²) in [6, 6.07) is 0. The zero-order valence-corrected chi connectivity index (χ0v) is 25.5. The van der Waals surface area contributed by atoms with E-state index < -0.39 is 6.10 Å². The van der Waals surface area contributed by atoms with Crippen molar-refractivity contribution in [2.24, 2.45) is 0 Å². The lowest BCUT2D eigenvalue weighted by molar-refractivity contribution is -0.191. The van der Waals surface area contributed by atoms with Crippen LogP contribution in [-0.4, -0.2) is 77.1 Å². The lowest BCUT2D eigenvalue weighted by Gasteiger charge is -2.53. The molecule has 2 rings (SSSR count). The second-order valence-electron chi connectivity index (χ2n) is 14.0. The van der Waals surface area contributed by atoms with Crippen molar-refractivity contribution in [3.05, 3.63) is 0 Å². The maximum Gasteiger partial charge on any atom is 0.335 e. The average Bonchev–Trinajstić information content (AvgIpc) is 2.73. The van der Waals surface area contributed by atoms with E-state index in [0.29, 0.717) is 6.42 Å². The van der Waals surface area contributed by atoms with Crippen molar-refractivity contribution in [3.8, 4) is 0 Å². The van der Waals surface area contributed by atoms with Gasteiger partial charge in [-0.05, 0) is 88.7 Å². The van der Waals surface area contributed by atoms with Gasteiger partial charge in [-0.25, -0.2) is 4.79 Å². The Labute approximate surface area is 222 Å². The molecule has 36 heavy (non-hydrogen) atoms. The molecule has 2 saturated heterocycles. The van der Waals surface area contributed by atoms with Crippen LogP contribution in [-0.2, 0) is 19.0 Å². The zero-order chi connectivity index (χ0) is 27.4. The van der Waals surface area contributed by atoms with Crippen LogP contribution in [0.15, 0.2) is 0 Å². The van der Waals surface area contributed by atoms with E-state index in [1.165, 1.54) is 19.3 Å². The third kappa shape index (κ3) is 8.41. The summed E-state index contributed by atoms with van der Waals surface area (Å²) in [5.74, 6) is -0.223. The van der Waals surface area contributed by atoms with Crippen molar-refractivity contribution in [1.82, 2.24) is 9.80 Å². The highest BCUT2D eigenvalue weighted by Gasteiger charge is 2.45. The summed E-state index contributed by atoms with van der Waals surface area (Å²) in [5, 5.41) is 0. The first kappa shape index (κ1) is 31.5. The second kappa shape index (κ2) is 12.4. The molecule has 0 saturated carbocycles. The van der Waals surface area contributed by atoms with E-state index in [4.69, 9.17) is 14.2 Å². The predicted molar refractivity (Wildman–Crippen MR) is 148 cm³/mol. The fraction of sp³-hybridized carbons (Fsp3) is 0.967. The Hall–Kier alpha value is -0.690. The Kier molecular flexibility index (Phi) is 10.9. The number of esters is 1. The summed E-state index contributed by atoms with van der Waals surface area (Å²) >= 11 is 0. The standard InChI is InChI=1S/C30H58N2O4/c1-12-13-14-15-16-17-25(26(33)36-24-20-29(6,7)32(11)30(8,9)21-24)35-22-34-23-18-27(2,3)31(10)28(4,5)19-23/h23-25H,12-22H2,1-11H3. The van der Waals surface area contributed by atoms with Gasteiger partial charge in [0, 0.05) is 35.0 Å². The highest BCUT2D eigenvalue weighted by Crippen LogP contribution is 2.39. The molecule has 0 aliphatic carbocycles. The van der Waals surface area contributed by atoms with E-state index in [1.54, 1.807) is 0 Å². The van der Waals surface area contributed by atoms with Crippen LogP contribution < -0.4 is 0 Å². The summed E-state index contributed by atoms with van der Waals surface area (Å²) < 4.78 is 18.5. The van der Waals surface area contributed by atoms with E-state index in [-0.39, 0.29) is 47.1 Å². The SMILES string of the molecule is CCCCCCCC(OCOC1CC(C)(C)N(C)C(C)(C)C1)C(=O)OC1CC(C)(C)N(C)C(C)(C)C1.